The first kappa shape index (κ1) is 13.9. The summed E-state index contributed by atoms with van der Waals surface area (Å²) in [5.74, 6) is -0.0207. The summed E-state index contributed by atoms with van der Waals surface area (Å²) in [7, 11) is 1.62. The van der Waals surface area contributed by atoms with Crippen LogP contribution in [0, 0.1) is 0 Å². The first-order valence-corrected chi connectivity index (χ1v) is 6.72. The number of methoxy groups -OCH3 is 1. The van der Waals surface area contributed by atoms with Gasteiger partial charge in [0.25, 0.3) is 0 Å². The van der Waals surface area contributed by atoms with Crippen molar-refractivity contribution in [3.63, 3.8) is 0 Å². The number of anilines is 2. The predicted octanol–water partition coefficient (Wildman–Crippen LogP) is 2.80. The van der Waals surface area contributed by atoms with Gasteiger partial charge in [0, 0.05) is 13.7 Å². The Bertz CT molecular complexity index is 469. The maximum atomic E-state index is 12.1. The molecule has 1 aliphatic rings. The van der Waals surface area contributed by atoms with E-state index in [1.807, 2.05) is 26.0 Å². The molecule has 0 spiro atoms. The Morgan fingerprint density at radius 1 is 1.47 bits per heavy atom. The molecular weight excluding hydrogens is 240 g/mol. The van der Waals surface area contributed by atoms with Crippen molar-refractivity contribution in [2.24, 2.45) is 0 Å². The van der Waals surface area contributed by atoms with Crippen molar-refractivity contribution in [3.05, 3.63) is 23.8 Å². The van der Waals surface area contributed by atoms with E-state index in [1.54, 1.807) is 7.11 Å². The van der Waals surface area contributed by atoms with Gasteiger partial charge < -0.3 is 15.4 Å². The lowest BCUT2D eigenvalue weighted by atomic mass is 10.0. The Morgan fingerprint density at radius 3 is 3.00 bits per heavy atom. The Labute approximate surface area is 114 Å². The largest absolute Gasteiger partial charge is 0.383 e. The van der Waals surface area contributed by atoms with Crippen LogP contribution in [0.3, 0.4) is 0 Å². The number of benzene rings is 1. The molecule has 104 valence electrons. The van der Waals surface area contributed by atoms with Crippen molar-refractivity contribution < 1.29 is 9.53 Å². The second-order valence-corrected chi connectivity index (χ2v) is 5.56. The van der Waals surface area contributed by atoms with Crippen molar-refractivity contribution >= 4 is 17.3 Å². The highest BCUT2D eigenvalue weighted by Crippen LogP contribution is 2.30. The third kappa shape index (κ3) is 3.47. The molecule has 1 amide bonds. The number of rotatable bonds is 4. The lowest BCUT2D eigenvalue weighted by Crippen LogP contribution is -2.30. The summed E-state index contributed by atoms with van der Waals surface area (Å²) >= 11 is 0. The number of aryl methyl sites for hydroxylation is 1. The Hall–Kier alpha value is -1.55. The molecule has 1 aromatic carbocycles. The van der Waals surface area contributed by atoms with Gasteiger partial charge in [-0.2, -0.15) is 0 Å². The van der Waals surface area contributed by atoms with E-state index in [4.69, 9.17) is 4.74 Å². The van der Waals surface area contributed by atoms with E-state index in [1.165, 1.54) is 5.56 Å². The molecule has 1 aliphatic heterocycles. The highest BCUT2D eigenvalue weighted by atomic mass is 16.5. The minimum Gasteiger partial charge on any atom is -0.383 e. The van der Waals surface area contributed by atoms with E-state index >= 15 is 0 Å². The average molecular weight is 262 g/mol. The summed E-state index contributed by atoms with van der Waals surface area (Å²) < 4.78 is 5.28. The number of carbonyl (C=O) groups is 1. The van der Waals surface area contributed by atoms with Crippen molar-refractivity contribution in [2.75, 3.05) is 24.3 Å². The number of amides is 1. The lowest BCUT2D eigenvalue weighted by molar-refractivity contribution is -0.121. The highest BCUT2D eigenvalue weighted by molar-refractivity contribution is 5.95. The quantitative estimate of drug-likeness (QED) is 0.877. The summed E-state index contributed by atoms with van der Waals surface area (Å²) in [5, 5.41) is 6.35. The molecule has 4 heteroatoms. The van der Waals surface area contributed by atoms with Gasteiger partial charge in [0.1, 0.15) is 0 Å². The average Bonchev–Trinajstić information content (AvgIpc) is 2.38. The molecule has 0 saturated heterocycles. The van der Waals surface area contributed by atoms with Crippen molar-refractivity contribution in [3.8, 4) is 0 Å². The van der Waals surface area contributed by atoms with Crippen LogP contribution in [0.15, 0.2) is 18.2 Å². The van der Waals surface area contributed by atoms with Gasteiger partial charge in [-0.15, -0.1) is 0 Å². The second kappa shape index (κ2) is 5.61. The number of para-hydroxylation sites is 1. The molecule has 19 heavy (non-hydrogen) atoms. The second-order valence-electron chi connectivity index (χ2n) is 5.56. The van der Waals surface area contributed by atoms with Crippen LogP contribution in [-0.2, 0) is 16.0 Å². The van der Waals surface area contributed by atoms with Crippen LogP contribution in [0.5, 0.6) is 0 Å². The van der Waals surface area contributed by atoms with Crippen LogP contribution in [0.25, 0.3) is 0 Å². The molecule has 1 aromatic rings. The van der Waals surface area contributed by atoms with Crippen LogP contribution >= 0.6 is 0 Å². The summed E-state index contributed by atoms with van der Waals surface area (Å²) in [6.45, 7) is 4.78. The molecule has 0 aliphatic carbocycles. The molecule has 4 nitrogen and oxygen atoms in total. The van der Waals surface area contributed by atoms with Gasteiger partial charge in [-0.3, -0.25) is 4.79 Å². The Balaban J connectivity index is 2.09. The van der Waals surface area contributed by atoms with Crippen molar-refractivity contribution in [2.45, 2.75) is 38.7 Å². The topological polar surface area (TPSA) is 50.4 Å². The molecular formula is C15H22N2O2. The first-order valence-electron chi connectivity index (χ1n) is 6.72. The normalized spacial score (nSPS) is 14.5. The molecule has 0 atom stereocenters. The number of hydrogen-bond donors (Lipinski definition) is 2. The smallest absolute Gasteiger partial charge is 0.227 e. The molecule has 0 fully saturated rings. The molecule has 2 N–H and O–H groups in total. The highest BCUT2D eigenvalue weighted by Gasteiger charge is 2.22. The minimum absolute atomic E-state index is 0.0207. The minimum atomic E-state index is -0.438. The van der Waals surface area contributed by atoms with Gasteiger partial charge in [-0.05, 0) is 38.3 Å². The van der Waals surface area contributed by atoms with Gasteiger partial charge >= 0.3 is 0 Å². The number of fused-ring (bicyclic) bond motifs is 1. The van der Waals surface area contributed by atoms with E-state index in [0.29, 0.717) is 6.42 Å². The summed E-state index contributed by atoms with van der Waals surface area (Å²) in [4.78, 5) is 12.1. The monoisotopic (exact) mass is 262 g/mol. The molecule has 2 rings (SSSR count). The molecule has 0 saturated carbocycles. The first-order chi connectivity index (χ1) is 9.02. The molecule has 1 heterocycles. The summed E-state index contributed by atoms with van der Waals surface area (Å²) in [6, 6.07) is 6.04. The van der Waals surface area contributed by atoms with Gasteiger partial charge in [-0.25, -0.2) is 0 Å². The van der Waals surface area contributed by atoms with Crippen molar-refractivity contribution in [1.29, 1.82) is 0 Å². The zero-order chi connectivity index (χ0) is 13.9. The predicted molar refractivity (Wildman–Crippen MR) is 77.6 cm³/mol. The molecule has 0 aromatic heterocycles. The van der Waals surface area contributed by atoms with E-state index in [9.17, 15) is 4.79 Å². The van der Waals surface area contributed by atoms with E-state index < -0.39 is 5.60 Å². The Morgan fingerprint density at radius 2 is 2.26 bits per heavy atom. The molecule has 0 radical (unpaired) electrons. The molecule has 0 bridgehead atoms. The van der Waals surface area contributed by atoms with Crippen LogP contribution in [0.1, 0.15) is 32.3 Å². The van der Waals surface area contributed by atoms with E-state index in [-0.39, 0.29) is 5.91 Å². The van der Waals surface area contributed by atoms with Gasteiger partial charge in [0.15, 0.2) is 0 Å². The maximum Gasteiger partial charge on any atom is 0.227 e. The summed E-state index contributed by atoms with van der Waals surface area (Å²) in [5.41, 5.74) is 2.77. The fourth-order valence-corrected chi connectivity index (χ4v) is 2.27. The van der Waals surface area contributed by atoms with Crippen LogP contribution in [0.4, 0.5) is 11.4 Å². The number of nitrogens with one attached hydrogen (secondary N) is 2. The maximum absolute atomic E-state index is 12.1. The van der Waals surface area contributed by atoms with E-state index in [0.717, 1.165) is 30.8 Å². The van der Waals surface area contributed by atoms with Crippen molar-refractivity contribution in [1.82, 2.24) is 0 Å². The summed E-state index contributed by atoms with van der Waals surface area (Å²) in [6.07, 6.45) is 2.55. The van der Waals surface area contributed by atoms with Crippen LogP contribution in [-0.4, -0.2) is 25.2 Å². The third-order valence-electron chi connectivity index (χ3n) is 3.49. The van der Waals surface area contributed by atoms with E-state index in [2.05, 4.69) is 16.7 Å². The molecule has 0 unspecified atom stereocenters. The third-order valence-corrected chi connectivity index (χ3v) is 3.49. The van der Waals surface area contributed by atoms with Crippen LogP contribution in [0.2, 0.25) is 0 Å². The van der Waals surface area contributed by atoms with Gasteiger partial charge in [0.05, 0.1) is 23.4 Å². The fourth-order valence-electron chi connectivity index (χ4n) is 2.27. The van der Waals surface area contributed by atoms with Gasteiger partial charge in [-0.1, -0.05) is 12.1 Å². The lowest BCUT2D eigenvalue weighted by Gasteiger charge is -2.24. The fraction of sp³-hybridized carbons (Fsp3) is 0.533. The van der Waals surface area contributed by atoms with Crippen LogP contribution < -0.4 is 10.6 Å². The SMILES string of the molecule is COC(C)(C)CC(=O)Nc1cccc2c1NCCC2. The zero-order valence-electron chi connectivity index (χ0n) is 11.9. The number of carbonyl (C=O) groups excluding carboxylic acids is 1. The van der Waals surface area contributed by atoms with Gasteiger partial charge in [0.2, 0.25) is 5.91 Å². The standard InChI is InChI=1S/C15H22N2O2/c1-15(2,19-3)10-13(18)17-12-8-4-6-11-7-5-9-16-14(11)12/h4,6,8,16H,5,7,9-10H2,1-3H3,(H,17,18). The number of ether oxygens (including phenoxy) is 1. The number of hydrogen-bond acceptors (Lipinski definition) is 3. The zero-order valence-corrected chi connectivity index (χ0v) is 11.9. The Kier molecular flexibility index (Phi) is 4.10.